The Morgan fingerprint density at radius 2 is 1.12 bits per heavy atom. The number of amides is 3. The minimum absolute atomic E-state index is 0. The number of rotatable bonds is 6. The first kappa shape index (κ1) is 43.9. The predicted molar refractivity (Wildman–Crippen MR) is 211 cm³/mol. The number of carboxylic acid groups (broad SMARTS) is 2. The Hall–Kier alpha value is 0.900. The van der Waals surface area contributed by atoms with Crippen molar-refractivity contribution in [2.45, 2.75) is 27.7 Å². The molecule has 0 saturated carbocycles. The Kier molecular flexibility index (Phi) is 19.4. The summed E-state index contributed by atoms with van der Waals surface area (Å²) in [6.07, 6.45) is 0. The monoisotopic (exact) mass is 1290 g/mol. The summed E-state index contributed by atoms with van der Waals surface area (Å²) in [5.74, 6) is -3.72. The van der Waals surface area contributed by atoms with Crippen LogP contribution >= 0.6 is 136 Å². The first-order valence-corrected chi connectivity index (χ1v) is 17.5. The van der Waals surface area contributed by atoms with Crippen LogP contribution in [-0.2, 0) is 14.4 Å². The zero-order valence-corrected chi connectivity index (χ0v) is 38.3. The number of anilines is 3. The Bertz CT molecular complexity index is 1530. The van der Waals surface area contributed by atoms with Gasteiger partial charge in [0.1, 0.15) is 0 Å². The van der Waals surface area contributed by atoms with Crippen molar-refractivity contribution in [1.29, 1.82) is 0 Å². The zero-order valence-electron chi connectivity index (χ0n) is 23.1. The summed E-state index contributed by atoms with van der Waals surface area (Å²) in [6.45, 7) is 5.38. The SMILES string of the molecule is CC(=O)N(C)c1c(I)c(N=C(C)[O-])c(I)c(C(=O)[O-])c1I.CC(=O)Nc1c(I)c(C(=O)O)c(I)c(N(C)C(C)=O)c1I.[Ca+2]. The van der Waals surface area contributed by atoms with Crippen LogP contribution in [-0.4, -0.2) is 92.5 Å². The van der Waals surface area contributed by atoms with Crippen LogP contribution in [0.2, 0.25) is 0 Å². The number of carbonyl (C=O) groups excluding carboxylic acids is 4. The van der Waals surface area contributed by atoms with Gasteiger partial charge in [0, 0.05) is 44.0 Å². The standard InChI is InChI=1S/2C12H11I3N2O4.Ca/c2*1-4(18)16-10-7(13)6(12(20)21)8(14)11(9(10)15)17(3)5(2)19;/h2*1-3H3,(H,16,18)(H,20,21);/q;;+2/p-2. The van der Waals surface area contributed by atoms with Gasteiger partial charge in [0.05, 0.1) is 52.1 Å². The number of halogens is 6. The average molecular weight is 1290 g/mol. The summed E-state index contributed by atoms with van der Waals surface area (Å²) in [5, 5.41) is 34.7. The molecule has 2 aromatic carbocycles. The van der Waals surface area contributed by atoms with Crippen LogP contribution in [0.15, 0.2) is 4.99 Å². The zero-order chi connectivity index (χ0) is 33.0. The molecule has 0 radical (unpaired) electrons. The Balaban J connectivity index is 0.000000802. The van der Waals surface area contributed by atoms with Crippen molar-refractivity contribution in [2.75, 3.05) is 29.2 Å². The third kappa shape index (κ3) is 11.0. The molecular formula is C24H20CaI6N4O8. The second-order valence-corrected chi connectivity index (χ2v) is 14.6. The second-order valence-electron chi connectivity index (χ2n) is 8.12. The summed E-state index contributed by atoms with van der Waals surface area (Å²) in [5.41, 5.74) is 1.53. The van der Waals surface area contributed by atoms with Gasteiger partial charge in [-0.3, -0.25) is 19.4 Å². The van der Waals surface area contributed by atoms with E-state index in [2.05, 4.69) is 10.3 Å². The molecule has 228 valence electrons. The van der Waals surface area contributed by atoms with Gasteiger partial charge in [-0.25, -0.2) is 4.79 Å². The molecule has 0 unspecified atom stereocenters. The van der Waals surface area contributed by atoms with Crippen LogP contribution in [0.3, 0.4) is 0 Å². The quantitative estimate of drug-likeness (QED) is 0.188. The van der Waals surface area contributed by atoms with E-state index in [4.69, 9.17) is 0 Å². The smallest absolute Gasteiger partial charge is 0.862 e. The molecule has 19 heteroatoms. The van der Waals surface area contributed by atoms with Crippen molar-refractivity contribution < 1.29 is 39.3 Å². The summed E-state index contributed by atoms with van der Waals surface area (Å²) in [6, 6.07) is 0. The molecule has 12 nitrogen and oxygen atoms in total. The maximum atomic E-state index is 11.6. The van der Waals surface area contributed by atoms with Gasteiger partial charge in [-0.2, -0.15) is 0 Å². The predicted octanol–water partition coefficient (Wildman–Crippen LogP) is 4.02. The van der Waals surface area contributed by atoms with Crippen molar-refractivity contribution >= 4 is 232 Å². The van der Waals surface area contributed by atoms with E-state index in [1.165, 1.54) is 44.5 Å². The molecule has 0 bridgehead atoms. The van der Waals surface area contributed by atoms with Gasteiger partial charge in [0.25, 0.3) is 0 Å². The third-order valence-corrected chi connectivity index (χ3v) is 11.5. The number of nitrogens with one attached hydrogen (secondary N) is 1. The molecule has 0 atom stereocenters. The van der Waals surface area contributed by atoms with E-state index >= 15 is 0 Å². The van der Waals surface area contributed by atoms with Crippen LogP contribution in [0.1, 0.15) is 48.4 Å². The van der Waals surface area contributed by atoms with Crippen molar-refractivity contribution in [2.24, 2.45) is 4.99 Å². The summed E-state index contributed by atoms with van der Waals surface area (Å²) >= 11 is 11.4. The number of hydrogen-bond acceptors (Lipinski definition) is 8. The molecule has 0 fully saturated rings. The van der Waals surface area contributed by atoms with Gasteiger partial charge in [-0.05, 0) is 148 Å². The maximum Gasteiger partial charge on any atom is 2.00 e. The molecule has 0 spiro atoms. The van der Waals surface area contributed by atoms with Crippen LogP contribution in [0.4, 0.5) is 22.7 Å². The number of carboxylic acids is 2. The minimum Gasteiger partial charge on any atom is -0.862 e. The Morgan fingerprint density at radius 3 is 1.47 bits per heavy atom. The number of hydrogen-bond donors (Lipinski definition) is 2. The fraction of sp³-hybridized carbons (Fsp3) is 0.250. The number of carbonyl (C=O) groups is 5. The van der Waals surface area contributed by atoms with Crippen molar-refractivity contribution in [3.63, 3.8) is 0 Å². The molecular weight excluding hydrogens is 1270 g/mol. The topological polar surface area (TPSA) is 183 Å². The van der Waals surface area contributed by atoms with Gasteiger partial charge in [-0.1, -0.05) is 0 Å². The third-order valence-electron chi connectivity index (χ3n) is 5.17. The molecule has 3 amide bonds. The first-order chi connectivity index (χ1) is 19.2. The second kappa shape index (κ2) is 19.0. The number of nitrogens with zero attached hydrogens (tertiary/aromatic N) is 3. The number of aromatic carboxylic acids is 2. The van der Waals surface area contributed by atoms with Crippen LogP contribution in [0.5, 0.6) is 0 Å². The molecule has 0 heterocycles. The van der Waals surface area contributed by atoms with E-state index in [-0.39, 0.29) is 72.3 Å². The summed E-state index contributed by atoms with van der Waals surface area (Å²) in [4.78, 5) is 64.0. The van der Waals surface area contributed by atoms with Gasteiger partial charge in [-0.15, -0.1) is 0 Å². The Labute approximate surface area is 359 Å². The average Bonchev–Trinajstić information content (AvgIpc) is 2.83. The van der Waals surface area contributed by atoms with E-state index in [9.17, 15) is 39.3 Å². The molecule has 2 N–H and O–H groups in total. The first-order valence-electron chi connectivity index (χ1n) is 11.0. The molecule has 0 aliphatic heterocycles. The normalized spacial score (nSPS) is 10.6. The molecule has 2 rings (SSSR count). The fourth-order valence-corrected chi connectivity index (χ4v) is 12.3. The van der Waals surface area contributed by atoms with Gasteiger partial charge < -0.3 is 35.2 Å². The largest absolute Gasteiger partial charge is 2.00 e. The summed E-state index contributed by atoms with van der Waals surface area (Å²) in [7, 11) is 3.10. The van der Waals surface area contributed by atoms with E-state index < -0.39 is 17.8 Å². The molecule has 0 aliphatic rings. The van der Waals surface area contributed by atoms with E-state index in [0.29, 0.717) is 38.5 Å². The fourth-order valence-electron chi connectivity index (χ4n) is 3.10. The molecule has 0 aliphatic carbocycles. The Morgan fingerprint density at radius 1 is 0.698 bits per heavy atom. The molecule has 0 aromatic heterocycles. The number of benzene rings is 2. The van der Waals surface area contributed by atoms with E-state index in [0.717, 1.165) is 0 Å². The molecule has 43 heavy (non-hydrogen) atoms. The maximum absolute atomic E-state index is 11.6. The van der Waals surface area contributed by atoms with Crippen molar-refractivity contribution in [3.8, 4) is 0 Å². The van der Waals surface area contributed by atoms with Crippen molar-refractivity contribution in [3.05, 3.63) is 32.5 Å². The van der Waals surface area contributed by atoms with Gasteiger partial charge in [0.2, 0.25) is 17.7 Å². The van der Waals surface area contributed by atoms with E-state index in [1.54, 1.807) is 7.05 Å². The van der Waals surface area contributed by atoms with E-state index in [1.807, 2.05) is 136 Å². The van der Waals surface area contributed by atoms with Gasteiger partial charge in [0.15, 0.2) is 0 Å². The summed E-state index contributed by atoms with van der Waals surface area (Å²) < 4.78 is 2.75. The van der Waals surface area contributed by atoms with Crippen LogP contribution < -0.4 is 25.3 Å². The van der Waals surface area contributed by atoms with Crippen molar-refractivity contribution in [1.82, 2.24) is 0 Å². The minimum atomic E-state index is -1.38. The van der Waals surface area contributed by atoms with Gasteiger partial charge >= 0.3 is 43.7 Å². The number of aliphatic imine (C=N–C) groups is 1. The molecule has 0 saturated heterocycles. The van der Waals surface area contributed by atoms with Crippen LogP contribution in [0.25, 0.3) is 0 Å². The van der Waals surface area contributed by atoms with Crippen LogP contribution in [0, 0.1) is 21.4 Å². The molecule has 2 aromatic rings.